The van der Waals surface area contributed by atoms with Gasteiger partial charge in [-0.15, -0.1) is 0 Å². The highest BCUT2D eigenvalue weighted by Gasteiger charge is 2.11. The predicted octanol–water partition coefficient (Wildman–Crippen LogP) is 4.56. The van der Waals surface area contributed by atoms with Crippen molar-refractivity contribution >= 4 is 23.6 Å². The lowest BCUT2D eigenvalue weighted by molar-refractivity contribution is -0.137. The molecule has 0 aromatic heterocycles. The second-order valence-electron chi connectivity index (χ2n) is 5.38. The summed E-state index contributed by atoms with van der Waals surface area (Å²) in [6, 6.07) is 14.3. The molecule has 138 valence electrons. The maximum absolute atomic E-state index is 11.8. The van der Waals surface area contributed by atoms with Crippen molar-refractivity contribution in [1.29, 1.82) is 5.26 Å². The van der Waals surface area contributed by atoms with Crippen LogP contribution >= 0.6 is 11.6 Å². The number of ether oxygens (including phenoxy) is 3. The second-order valence-corrected chi connectivity index (χ2v) is 5.82. The number of benzene rings is 2. The lowest BCUT2D eigenvalue weighted by atomic mass is 10.1. The van der Waals surface area contributed by atoms with Crippen LogP contribution in [-0.4, -0.2) is 19.7 Å². The van der Waals surface area contributed by atoms with Crippen molar-refractivity contribution in [2.75, 3.05) is 13.7 Å². The summed E-state index contributed by atoms with van der Waals surface area (Å²) < 4.78 is 16.0. The van der Waals surface area contributed by atoms with E-state index in [0.717, 1.165) is 5.56 Å². The molecule has 2 aromatic carbocycles. The Kier molecular flexibility index (Phi) is 7.48. The Bertz CT molecular complexity index is 882. The molecule has 0 aliphatic heterocycles. The van der Waals surface area contributed by atoms with Gasteiger partial charge in [-0.25, -0.2) is 4.79 Å². The van der Waals surface area contributed by atoms with Crippen LogP contribution in [0.15, 0.2) is 60.7 Å². The van der Waals surface area contributed by atoms with Crippen molar-refractivity contribution in [3.8, 4) is 17.6 Å². The fourth-order valence-corrected chi connectivity index (χ4v) is 2.28. The summed E-state index contributed by atoms with van der Waals surface area (Å²) >= 11 is 5.87. The number of methoxy groups -OCH3 is 1. The topological polar surface area (TPSA) is 68.6 Å². The van der Waals surface area contributed by atoms with Crippen LogP contribution in [0.2, 0.25) is 5.02 Å². The van der Waals surface area contributed by atoms with E-state index in [0.29, 0.717) is 28.7 Å². The zero-order valence-corrected chi connectivity index (χ0v) is 15.5. The molecule has 0 N–H and O–H groups in total. The highest BCUT2D eigenvalue weighted by molar-refractivity contribution is 6.30. The minimum Gasteiger partial charge on any atom is -0.493 e. The van der Waals surface area contributed by atoms with E-state index in [2.05, 4.69) is 6.58 Å². The molecular formula is C21H18ClNO4. The molecule has 0 spiro atoms. The van der Waals surface area contributed by atoms with E-state index in [1.165, 1.54) is 19.3 Å². The first kappa shape index (κ1) is 20.1. The number of nitriles is 1. The summed E-state index contributed by atoms with van der Waals surface area (Å²) in [6.07, 6.45) is 2.86. The first-order chi connectivity index (χ1) is 13.1. The summed E-state index contributed by atoms with van der Waals surface area (Å²) in [5.41, 5.74) is 1.45. The van der Waals surface area contributed by atoms with Crippen molar-refractivity contribution in [1.82, 2.24) is 0 Å². The molecule has 5 nitrogen and oxygen atoms in total. The Morgan fingerprint density at radius 1 is 1.22 bits per heavy atom. The Morgan fingerprint density at radius 2 is 1.96 bits per heavy atom. The van der Waals surface area contributed by atoms with Gasteiger partial charge in [0.15, 0.2) is 11.5 Å². The number of esters is 1. The fraction of sp³-hybridized carbons (Fsp3) is 0.143. The summed E-state index contributed by atoms with van der Waals surface area (Å²) in [6.45, 7) is 3.85. The van der Waals surface area contributed by atoms with Crippen LogP contribution in [-0.2, 0) is 16.1 Å². The van der Waals surface area contributed by atoms with Crippen LogP contribution < -0.4 is 9.47 Å². The lowest BCUT2D eigenvalue weighted by Crippen LogP contribution is -2.06. The van der Waals surface area contributed by atoms with Gasteiger partial charge in [-0.2, -0.15) is 5.26 Å². The van der Waals surface area contributed by atoms with Gasteiger partial charge in [0, 0.05) is 5.02 Å². The molecule has 0 saturated carbocycles. The Balaban J connectivity index is 2.15. The van der Waals surface area contributed by atoms with Gasteiger partial charge in [0.2, 0.25) is 0 Å². The minimum atomic E-state index is -0.709. The van der Waals surface area contributed by atoms with Crippen molar-refractivity contribution in [3.05, 3.63) is 76.8 Å². The zero-order valence-electron chi connectivity index (χ0n) is 14.8. The Labute approximate surface area is 163 Å². The second kappa shape index (κ2) is 10.0. The molecule has 6 heteroatoms. The number of carbonyl (C=O) groups is 1. The Morgan fingerprint density at radius 3 is 2.59 bits per heavy atom. The molecular weight excluding hydrogens is 366 g/mol. The van der Waals surface area contributed by atoms with Crippen molar-refractivity contribution in [2.24, 2.45) is 0 Å². The molecule has 0 aliphatic rings. The number of halogens is 1. The number of carbonyl (C=O) groups excluding carboxylic acids is 1. The van der Waals surface area contributed by atoms with Gasteiger partial charge in [0.1, 0.15) is 24.9 Å². The maximum Gasteiger partial charge on any atom is 0.349 e. The molecule has 0 amide bonds. The van der Waals surface area contributed by atoms with Crippen molar-refractivity contribution < 1.29 is 19.0 Å². The van der Waals surface area contributed by atoms with Gasteiger partial charge in [-0.1, -0.05) is 42.5 Å². The maximum atomic E-state index is 11.8. The number of rotatable bonds is 8. The molecule has 27 heavy (non-hydrogen) atoms. The fourth-order valence-electron chi connectivity index (χ4n) is 2.15. The summed E-state index contributed by atoms with van der Waals surface area (Å²) in [4.78, 5) is 11.8. The van der Waals surface area contributed by atoms with Gasteiger partial charge < -0.3 is 14.2 Å². The van der Waals surface area contributed by atoms with E-state index >= 15 is 0 Å². The van der Waals surface area contributed by atoms with E-state index < -0.39 is 5.97 Å². The molecule has 0 aliphatic carbocycles. The third-order valence-electron chi connectivity index (χ3n) is 3.48. The highest BCUT2D eigenvalue weighted by Crippen LogP contribution is 2.30. The van der Waals surface area contributed by atoms with E-state index in [-0.39, 0.29) is 12.2 Å². The van der Waals surface area contributed by atoms with E-state index in [1.807, 2.05) is 18.2 Å². The summed E-state index contributed by atoms with van der Waals surface area (Å²) in [5.74, 6) is 0.311. The first-order valence-electron chi connectivity index (χ1n) is 8.02. The lowest BCUT2D eigenvalue weighted by Gasteiger charge is -2.11. The average molecular weight is 384 g/mol. The van der Waals surface area contributed by atoms with Gasteiger partial charge in [-0.3, -0.25) is 0 Å². The van der Waals surface area contributed by atoms with Crippen LogP contribution in [0.5, 0.6) is 11.5 Å². The average Bonchev–Trinajstić information content (AvgIpc) is 2.70. The van der Waals surface area contributed by atoms with Gasteiger partial charge in [0.05, 0.1) is 7.11 Å². The van der Waals surface area contributed by atoms with Crippen LogP contribution in [0.3, 0.4) is 0 Å². The third kappa shape index (κ3) is 5.91. The number of hydrogen-bond donors (Lipinski definition) is 0. The van der Waals surface area contributed by atoms with Gasteiger partial charge >= 0.3 is 5.97 Å². The highest BCUT2D eigenvalue weighted by atomic mass is 35.5. The molecule has 0 saturated heterocycles. The summed E-state index contributed by atoms with van der Waals surface area (Å²) in [5, 5.41) is 9.82. The number of hydrogen-bond acceptors (Lipinski definition) is 5. The monoisotopic (exact) mass is 383 g/mol. The smallest absolute Gasteiger partial charge is 0.349 e. The molecule has 0 radical (unpaired) electrons. The SMILES string of the molecule is C=CCOC(=O)C(C#N)=Cc1ccc(OCc2ccc(Cl)cc2)c(OC)c1. The molecule has 0 heterocycles. The van der Waals surface area contributed by atoms with Crippen LogP contribution in [0.1, 0.15) is 11.1 Å². The standard InChI is InChI=1S/C21H18ClNO4/c1-3-10-26-21(24)17(13-23)11-16-6-9-19(20(12-16)25-2)27-14-15-4-7-18(22)8-5-15/h3-9,11-12H,1,10,14H2,2H3. The summed E-state index contributed by atoms with van der Waals surface area (Å²) in [7, 11) is 1.52. The van der Waals surface area contributed by atoms with Gasteiger partial charge in [-0.05, 0) is 41.5 Å². The van der Waals surface area contributed by atoms with Crippen LogP contribution in [0, 0.1) is 11.3 Å². The van der Waals surface area contributed by atoms with Gasteiger partial charge in [0.25, 0.3) is 0 Å². The van der Waals surface area contributed by atoms with Crippen molar-refractivity contribution in [2.45, 2.75) is 6.61 Å². The molecule has 0 fully saturated rings. The zero-order chi connectivity index (χ0) is 19.6. The predicted molar refractivity (Wildman–Crippen MR) is 104 cm³/mol. The minimum absolute atomic E-state index is 0.0403. The van der Waals surface area contributed by atoms with E-state index in [1.54, 1.807) is 30.3 Å². The van der Waals surface area contributed by atoms with Crippen molar-refractivity contribution in [3.63, 3.8) is 0 Å². The Hall–Kier alpha value is -3.23. The number of nitrogens with zero attached hydrogens (tertiary/aromatic N) is 1. The third-order valence-corrected chi connectivity index (χ3v) is 3.73. The molecule has 2 rings (SSSR count). The van der Waals surface area contributed by atoms with E-state index in [9.17, 15) is 4.79 Å². The molecule has 0 atom stereocenters. The molecule has 0 bridgehead atoms. The molecule has 0 unspecified atom stereocenters. The first-order valence-corrected chi connectivity index (χ1v) is 8.40. The van der Waals surface area contributed by atoms with Crippen LogP contribution in [0.25, 0.3) is 6.08 Å². The van der Waals surface area contributed by atoms with Crippen LogP contribution in [0.4, 0.5) is 0 Å². The van der Waals surface area contributed by atoms with E-state index in [4.69, 9.17) is 31.1 Å². The molecule has 2 aromatic rings. The largest absolute Gasteiger partial charge is 0.493 e. The quantitative estimate of drug-likeness (QED) is 0.289. The normalized spacial score (nSPS) is 10.6.